The summed E-state index contributed by atoms with van der Waals surface area (Å²) in [6.07, 6.45) is 1.73. The highest BCUT2D eigenvalue weighted by Crippen LogP contribution is 2.19. The molecule has 1 heterocycles. The van der Waals surface area contributed by atoms with Crippen molar-refractivity contribution >= 4 is 10.9 Å². The van der Waals surface area contributed by atoms with Gasteiger partial charge in [-0.3, -0.25) is 0 Å². The Morgan fingerprint density at radius 3 is 2.83 bits per heavy atom. The predicted molar refractivity (Wildman–Crippen MR) is 47.9 cm³/mol. The average Bonchev–Trinajstić information content (AvgIpc) is 2.44. The highest BCUT2D eigenvalue weighted by atomic mass is 16.3. The lowest BCUT2D eigenvalue weighted by atomic mass is 10.2. The lowest BCUT2D eigenvalue weighted by molar-refractivity contribution is 0.909. The Morgan fingerprint density at radius 2 is 2.08 bits per heavy atom. The van der Waals surface area contributed by atoms with Gasteiger partial charge < -0.3 is 0 Å². The summed E-state index contributed by atoms with van der Waals surface area (Å²) in [7, 11) is 0. The molecule has 2 rings (SSSR count). The molecule has 12 heavy (non-hydrogen) atoms. The molecule has 3 nitrogen and oxygen atoms in total. The third-order valence-electron chi connectivity index (χ3n) is 1.98. The van der Waals surface area contributed by atoms with Gasteiger partial charge in [-0.15, -0.1) is 4.91 Å². The van der Waals surface area contributed by atoms with Crippen molar-refractivity contribution in [2.75, 3.05) is 0 Å². The lowest BCUT2D eigenvalue weighted by Gasteiger charge is -1.90. The highest BCUT2D eigenvalue weighted by Gasteiger charge is 2.02. The monoisotopic (exact) mass is 160 g/mol. The summed E-state index contributed by atoms with van der Waals surface area (Å²) in [6.45, 7) is 1.96. The van der Waals surface area contributed by atoms with Crippen LogP contribution in [0.3, 0.4) is 0 Å². The fraction of sp³-hybridized carbons (Fsp3) is 0.111. The molecule has 1 aromatic heterocycles. The van der Waals surface area contributed by atoms with Gasteiger partial charge in [0.25, 0.3) is 0 Å². The molecule has 0 aliphatic rings. The van der Waals surface area contributed by atoms with E-state index in [9.17, 15) is 4.91 Å². The minimum absolute atomic E-state index is 0.866. The van der Waals surface area contributed by atoms with Gasteiger partial charge in [0.15, 0.2) is 0 Å². The van der Waals surface area contributed by atoms with Gasteiger partial charge in [0.2, 0.25) is 0 Å². The molecule has 0 spiro atoms. The molecule has 2 aromatic rings. The van der Waals surface area contributed by atoms with Crippen LogP contribution >= 0.6 is 0 Å². The molecule has 0 aliphatic heterocycles. The van der Waals surface area contributed by atoms with Crippen LogP contribution in [0.4, 0.5) is 0 Å². The summed E-state index contributed by atoms with van der Waals surface area (Å²) in [4.78, 5) is 10.3. The molecule has 0 saturated carbocycles. The number of para-hydroxylation sites is 1. The molecule has 0 radical (unpaired) electrons. The summed E-state index contributed by atoms with van der Waals surface area (Å²) in [6, 6.07) is 7.70. The molecule has 0 N–H and O–H groups in total. The first-order chi connectivity index (χ1) is 5.83. The van der Waals surface area contributed by atoms with Crippen molar-refractivity contribution in [2.24, 2.45) is 5.29 Å². The fourth-order valence-corrected chi connectivity index (χ4v) is 1.40. The maximum atomic E-state index is 10.3. The van der Waals surface area contributed by atoms with E-state index in [1.54, 1.807) is 6.20 Å². The van der Waals surface area contributed by atoms with Crippen molar-refractivity contribution in [3.8, 4) is 0 Å². The second kappa shape index (κ2) is 2.44. The number of aryl methyl sites for hydroxylation is 1. The van der Waals surface area contributed by atoms with E-state index in [-0.39, 0.29) is 0 Å². The second-order valence-electron chi connectivity index (χ2n) is 2.76. The van der Waals surface area contributed by atoms with Crippen molar-refractivity contribution in [3.05, 3.63) is 40.9 Å². The number of rotatable bonds is 1. The van der Waals surface area contributed by atoms with E-state index in [2.05, 4.69) is 5.29 Å². The van der Waals surface area contributed by atoms with Gasteiger partial charge >= 0.3 is 0 Å². The Kier molecular flexibility index (Phi) is 1.43. The van der Waals surface area contributed by atoms with Crippen molar-refractivity contribution in [3.63, 3.8) is 0 Å². The molecule has 0 saturated heterocycles. The van der Waals surface area contributed by atoms with E-state index in [1.165, 1.54) is 4.68 Å². The number of hydrogen-bond acceptors (Lipinski definition) is 2. The quantitative estimate of drug-likeness (QED) is 0.590. The minimum Gasteiger partial charge on any atom is -0.204 e. The highest BCUT2D eigenvalue weighted by molar-refractivity contribution is 5.83. The van der Waals surface area contributed by atoms with Crippen molar-refractivity contribution in [1.82, 2.24) is 4.68 Å². The Hall–Kier alpha value is -1.64. The smallest absolute Gasteiger partial charge is 0.0753 e. The van der Waals surface area contributed by atoms with E-state index in [0.717, 1.165) is 16.5 Å². The van der Waals surface area contributed by atoms with Crippen LogP contribution in [-0.2, 0) is 0 Å². The SMILES string of the molecule is Cc1cn(N=O)c2ccccc12. The summed E-state index contributed by atoms with van der Waals surface area (Å²) in [5.41, 5.74) is 1.94. The Balaban J connectivity index is 2.91. The molecule has 3 heteroatoms. The molecular weight excluding hydrogens is 152 g/mol. The molecular formula is C9H8N2O. The van der Waals surface area contributed by atoms with Gasteiger partial charge in [0, 0.05) is 11.6 Å². The maximum absolute atomic E-state index is 10.3. The number of nitroso groups, excluding NO2 is 1. The molecule has 0 unspecified atom stereocenters. The third-order valence-corrected chi connectivity index (χ3v) is 1.98. The van der Waals surface area contributed by atoms with Crippen molar-refractivity contribution in [1.29, 1.82) is 0 Å². The Labute approximate surface area is 69.6 Å². The number of aromatic nitrogens is 1. The molecule has 0 amide bonds. The minimum atomic E-state index is 0.866. The number of fused-ring (bicyclic) bond motifs is 1. The molecule has 0 atom stereocenters. The standard InChI is InChI=1S/C9H8N2O/c1-7-6-11(10-12)9-5-3-2-4-8(7)9/h2-6H,1H3. The summed E-state index contributed by atoms with van der Waals surface area (Å²) in [5, 5.41) is 3.97. The molecule has 0 fully saturated rings. The zero-order chi connectivity index (χ0) is 8.55. The van der Waals surface area contributed by atoms with Crippen LogP contribution in [0.2, 0.25) is 0 Å². The summed E-state index contributed by atoms with van der Waals surface area (Å²) < 4.78 is 1.35. The second-order valence-corrected chi connectivity index (χ2v) is 2.76. The van der Waals surface area contributed by atoms with Crippen LogP contribution in [0.5, 0.6) is 0 Å². The summed E-state index contributed by atoms with van der Waals surface area (Å²) in [5.74, 6) is 0. The molecule has 60 valence electrons. The van der Waals surface area contributed by atoms with E-state index < -0.39 is 0 Å². The number of hydrogen-bond donors (Lipinski definition) is 0. The van der Waals surface area contributed by atoms with Crippen LogP contribution in [0.25, 0.3) is 10.9 Å². The van der Waals surface area contributed by atoms with Gasteiger partial charge in [-0.1, -0.05) is 18.2 Å². The topological polar surface area (TPSA) is 34.4 Å². The van der Waals surface area contributed by atoms with Gasteiger partial charge in [-0.05, 0) is 18.6 Å². The van der Waals surface area contributed by atoms with Crippen molar-refractivity contribution < 1.29 is 0 Å². The average molecular weight is 160 g/mol. The predicted octanol–water partition coefficient (Wildman–Crippen LogP) is 2.48. The maximum Gasteiger partial charge on any atom is 0.0753 e. The molecule has 0 aliphatic carbocycles. The largest absolute Gasteiger partial charge is 0.204 e. The zero-order valence-electron chi connectivity index (χ0n) is 6.69. The van der Waals surface area contributed by atoms with Crippen LogP contribution in [-0.4, -0.2) is 4.68 Å². The van der Waals surface area contributed by atoms with Crippen LogP contribution in [0.15, 0.2) is 35.7 Å². The van der Waals surface area contributed by atoms with E-state index in [4.69, 9.17) is 0 Å². The van der Waals surface area contributed by atoms with Gasteiger partial charge in [-0.2, -0.15) is 0 Å². The number of benzene rings is 1. The van der Waals surface area contributed by atoms with Gasteiger partial charge in [0.05, 0.1) is 10.8 Å². The first-order valence-electron chi connectivity index (χ1n) is 3.73. The first kappa shape index (κ1) is 7.03. The van der Waals surface area contributed by atoms with E-state index >= 15 is 0 Å². The van der Waals surface area contributed by atoms with E-state index in [0.29, 0.717) is 0 Å². The summed E-state index contributed by atoms with van der Waals surface area (Å²) >= 11 is 0. The molecule has 1 aromatic carbocycles. The van der Waals surface area contributed by atoms with Crippen molar-refractivity contribution in [2.45, 2.75) is 6.92 Å². The molecule has 0 bridgehead atoms. The Bertz CT molecular complexity index is 431. The third kappa shape index (κ3) is 0.830. The number of nitrogens with zero attached hydrogens (tertiary/aromatic N) is 2. The lowest BCUT2D eigenvalue weighted by Crippen LogP contribution is -1.80. The van der Waals surface area contributed by atoms with Crippen LogP contribution < -0.4 is 0 Å². The van der Waals surface area contributed by atoms with Gasteiger partial charge in [-0.25, -0.2) is 4.68 Å². The normalized spacial score (nSPS) is 10.4. The Morgan fingerprint density at radius 1 is 1.33 bits per heavy atom. The van der Waals surface area contributed by atoms with E-state index in [1.807, 2.05) is 31.2 Å². The van der Waals surface area contributed by atoms with Crippen LogP contribution in [0.1, 0.15) is 5.56 Å². The van der Waals surface area contributed by atoms with Gasteiger partial charge in [0.1, 0.15) is 0 Å². The fourth-order valence-electron chi connectivity index (χ4n) is 1.40. The zero-order valence-corrected chi connectivity index (χ0v) is 6.69. The first-order valence-corrected chi connectivity index (χ1v) is 3.73. The van der Waals surface area contributed by atoms with Crippen LogP contribution in [0, 0.1) is 11.8 Å².